The lowest BCUT2D eigenvalue weighted by atomic mass is 10.2. The summed E-state index contributed by atoms with van der Waals surface area (Å²) in [7, 11) is 0. The number of carbonyl (C=O) groups is 2. The number of nitrogens with zero attached hydrogens (tertiary/aromatic N) is 1. The number of hydrogen-bond acceptors (Lipinski definition) is 4. The van der Waals surface area contributed by atoms with Gasteiger partial charge >= 0.3 is 5.97 Å². The van der Waals surface area contributed by atoms with E-state index in [1.54, 1.807) is 12.1 Å². The van der Waals surface area contributed by atoms with Crippen LogP contribution in [0.5, 0.6) is 0 Å². The highest BCUT2D eigenvalue weighted by Gasteiger charge is 2.12. The Hall–Kier alpha value is -2.11. The summed E-state index contributed by atoms with van der Waals surface area (Å²) in [6.45, 7) is 1.46. The van der Waals surface area contributed by atoms with Crippen molar-refractivity contribution in [3.05, 3.63) is 57.8 Å². The second-order valence-electron chi connectivity index (χ2n) is 4.48. The lowest BCUT2D eigenvalue weighted by Gasteiger charge is -2.08. The van der Waals surface area contributed by atoms with Crippen LogP contribution < -0.4 is 5.32 Å². The van der Waals surface area contributed by atoms with Crippen molar-refractivity contribution in [2.75, 3.05) is 11.9 Å². The fourth-order valence-electron chi connectivity index (χ4n) is 1.62. The van der Waals surface area contributed by atoms with Crippen LogP contribution in [0.15, 0.2) is 36.5 Å². The first-order chi connectivity index (χ1) is 10.5. The summed E-state index contributed by atoms with van der Waals surface area (Å²) in [6, 6.07) is 8.15. The number of aromatic nitrogens is 1. The standard InChI is InChI=1S/C15H12Cl2N2O3/c1-9-2-4-12(11(16)6-9)19-14(20)8-22-15(21)10-3-5-13(17)18-7-10/h2-7H,8H2,1H3,(H,19,20). The second-order valence-corrected chi connectivity index (χ2v) is 5.27. The molecule has 7 heteroatoms. The highest BCUT2D eigenvalue weighted by Crippen LogP contribution is 2.22. The summed E-state index contributed by atoms with van der Waals surface area (Å²) in [5.74, 6) is -1.14. The Kier molecular flexibility index (Phi) is 5.35. The summed E-state index contributed by atoms with van der Waals surface area (Å²) in [5, 5.41) is 3.25. The number of rotatable bonds is 4. The summed E-state index contributed by atoms with van der Waals surface area (Å²) in [4.78, 5) is 27.2. The van der Waals surface area contributed by atoms with E-state index in [0.717, 1.165) is 5.56 Å². The maximum Gasteiger partial charge on any atom is 0.340 e. The molecule has 0 atom stereocenters. The number of amides is 1. The maximum absolute atomic E-state index is 11.8. The molecule has 1 amide bonds. The number of carbonyl (C=O) groups excluding carboxylic acids is 2. The van der Waals surface area contributed by atoms with E-state index >= 15 is 0 Å². The zero-order chi connectivity index (χ0) is 16.1. The van der Waals surface area contributed by atoms with Gasteiger partial charge in [0.15, 0.2) is 6.61 Å². The Morgan fingerprint density at radius 1 is 1.23 bits per heavy atom. The number of hydrogen-bond donors (Lipinski definition) is 1. The van der Waals surface area contributed by atoms with Crippen LogP contribution in [-0.4, -0.2) is 23.5 Å². The highest BCUT2D eigenvalue weighted by molar-refractivity contribution is 6.33. The molecule has 2 rings (SSSR count). The van der Waals surface area contributed by atoms with Gasteiger partial charge in [0.1, 0.15) is 5.15 Å². The summed E-state index contributed by atoms with van der Waals surface area (Å²) in [6.07, 6.45) is 1.28. The molecule has 0 saturated carbocycles. The smallest absolute Gasteiger partial charge is 0.340 e. The van der Waals surface area contributed by atoms with E-state index in [2.05, 4.69) is 10.3 Å². The van der Waals surface area contributed by atoms with Crippen LogP contribution in [0.3, 0.4) is 0 Å². The van der Waals surface area contributed by atoms with Gasteiger partial charge in [-0.15, -0.1) is 0 Å². The molecule has 2 aromatic rings. The van der Waals surface area contributed by atoms with E-state index in [-0.39, 0.29) is 10.7 Å². The Bertz CT molecular complexity index is 702. The minimum absolute atomic E-state index is 0.213. The maximum atomic E-state index is 11.8. The average Bonchev–Trinajstić information content (AvgIpc) is 2.48. The van der Waals surface area contributed by atoms with Gasteiger partial charge in [-0.25, -0.2) is 9.78 Å². The van der Waals surface area contributed by atoms with Gasteiger partial charge in [-0.05, 0) is 36.8 Å². The van der Waals surface area contributed by atoms with Gasteiger partial charge in [-0.2, -0.15) is 0 Å². The normalized spacial score (nSPS) is 10.1. The third-order valence-electron chi connectivity index (χ3n) is 2.70. The molecule has 22 heavy (non-hydrogen) atoms. The molecule has 1 aromatic carbocycles. The molecule has 1 heterocycles. The molecule has 114 valence electrons. The van der Waals surface area contributed by atoms with Crippen molar-refractivity contribution in [3.63, 3.8) is 0 Å². The quantitative estimate of drug-likeness (QED) is 0.684. The van der Waals surface area contributed by atoms with E-state index in [9.17, 15) is 9.59 Å². The Balaban J connectivity index is 1.89. The van der Waals surface area contributed by atoms with E-state index in [1.807, 2.05) is 13.0 Å². The molecule has 0 bridgehead atoms. The van der Waals surface area contributed by atoms with E-state index in [4.69, 9.17) is 27.9 Å². The van der Waals surface area contributed by atoms with Crippen LogP contribution >= 0.6 is 23.2 Å². The van der Waals surface area contributed by atoms with Crippen LogP contribution in [0.25, 0.3) is 0 Å². The molecular formula is C15H12Cl2N2O3. The summed E-state index contributed by atoms with van der Waals surface area (Å²) >= 11 is 11.6. The molecular weight excluding hydrogens is 327 g/mol. The predicted molar refractivity (Wildman–Crippen MR) is 84.3 cm³/mol. The van der Waals surface area contributed by atoms with Gasteiger partial charge in [0, 0.05) is 6.20 Å². The number of esters is 1. The SMILES string of the molecule is Cc1ccc(NC(=O)COC(=O)c2ccc(Cl)nc2)c(Cl)c1. The van der Waals surface area contributed by atoms with Crippen molar-refractivity contribution in [3.8, 4) is 0 Å². The van der Waals surface area contributed by atoms with Crippen LogP contribution in [0, 0.1) is 6.92 Å². The first-order valence-electron chi connectivity index (χ1n) is 6.30. The minimum atomic E-state index is -0.658. The first-order valence-corrected chi connectivity index (χ1v) is 7.06. The Morgan fingerprint density at radius 2 is 2.00 bits per heavy atom. The van der Waals surface area contributed by atoms with E-state index in [1.165, 1.54) is 18.3 Å². The Morgan fingerprint density at radius 3 is 2.64 bits per heavy atom. The fraction of sp³-hybridized carbons (Fsp3) is 0.133. The molecule has 0 saturated heterocycles. The van der Waals surface area contributed by atoms with Crippen LogP contribution in [0.4, 0.5) is 5.69 Å². The zero-order valence-electron chi connectivity index (χ0n) is 11.6. The summed E-state index contributed by atoms with van der Waals surface area (Å²) < 4.78 is 4.89. The van der Waals surface area contributed by atoms with Crippen molar-refractivity contribution < 1.29 is 14.3 Å². The van der Waals surface area contributed by atoms with Gasteiger partial charge in [-0.3, -0.25) is 4.79 Å². The van der Waals surface area contributed by atoms with E-state index < -0.39 is 18.5 Å². The number of pyridine rings is 1. The zero-order valence-corrected chi connectivity index (χ0v) is 13.1. The first kappa shape index (κ1) is 16.3. The highest BCUT2D eigenvalue weighted by atomic mass is 35.5. The number of anilines is 1. The number of halogens is 2. The molecule has 0 radical (unpaired) electrons. The topological polar surface area (TPSA) is 68.3 Å². The largest absolute Gasteiger partial charge is 0.452 e. The molecule has 0 aliphatic carbocycles. The minimum Gasteiger partial charge on any atom is -0.452 e. The Labute approximate surface area is 137 Å². The molecule has 0 aliphatic heterocycles. The molecule has 0 fully saturated rings. The number of ether oxygens (including phenoxy) is 1. The molecule has 5 nitrogen and oxygen atoms in total. The van der Waals surface area contributed by atoms with Crippen LogP contribution in [-0.2, 0) is 9.53 Å². The molecule has 0 spiro atoms. The van der Waals surface area contributed by atoms with Crippen LogP contribution in [0.1, 0.15) is 15.9 Å². The van der Waals surface area contributed by atoms with Gasteiger partial charge in [0.25, 0.3) is 5.91 Å². The predicted octanol–water partition coefficient (Wildman–Crippen LogP) is 3.49. The second kappa shape index (κ2) is 7.24. The summed E-state index contributed by atoms with van der Waals surface area (Å²) in [5.41, 5.74) is 1.65. The van der Waals surface area contributed by atoms with Crippen molar-refractivity contribution >= 4 is 40.8 Å². The van der Waals surface area contributed by atoms with Crippen molar-refractivity contribution in [2.45, 2.75) is 6.92 Å². The van der Waals surface area contributed by atoms with Gasteiger partial charge in [0.05, 0.1) is 16.3 Å². The molecule has 0 unspecified atom stereocenters. The van der Waals surface area contributed by atoms with Crippen molar-refractivity contribution in [1.29, 1.82) is 0 Å². The monoisotopic (exact) mass is 338 g/mol. The molecule has 1 N–H and O–H groups in total. The number of benzene rings is 1. The third-order valence-corrected chi connectivity index (χ3v) is 3.23. The fourth-order valence-corrected chi connectivity index (χ4v) is 2.01. The van der Waals surface area contributed by atoms with Gasteiger partial charge in [-0.1, -0.05) is 29.3 Å². The third kappa shape index (κ3) is 4.44. The lowest BCUT2D eigenvalue weighted by Crippen LogP contribution is -2.21. The van der Waals surface area contributed by atoms with Gasteiger partial charge in [0.2, 0.25) is 0 Å². The molecule has 0 aliphatic rings. The number of nitrogens with one attached hydrogen (secondary N) is 1. The average molecular weight is 339 g/mol. The molecule has 1 aromatic heterocycles. The van der Waals surface area contributed by atoms with Gasteiger partial charge < -0.3 is 10.1 Å². The van der Waals surface area contributed by atoms with Crippen LogP contribution in [0.2, 0.25) is 10.2 Å². The number of aryl methyl sites for hydroxylation is 1. The van der Waals surface area contributed by atoms with Crippen molar-refractivity contribution in [2.24, 2.45) is 0 Å². The van der Waals surface area contributed by atoms with Crippen molar-refractivity contribution in [1.82, 2.24) is 4.98 Å². The lowest BCUT2D eigenvalue weighted by molar-refractivity contribution is -0.119. The van der Waals surface area contributed by atoms with E-state index in [0.29, 0.717) is 10.7 Å².